The van der Waals surface area contributed by atoms with Crippen LogP contribution in [0.3, 0.4) is 0 Å². The molecule has 0 bridgehead atoms. The van der Waals surface area contributed by atoms with E-state index in [2.05, 4.69) is 91.8 Å². The largest absolute Gasteiger partial charge is 0.481 e. The molecule has 0 unspecified atom stereocenters. The Balaban J connectivity index is 1.41. The number of benzene rings is 4. The summed E-state index contributed by atoms with van der Waals surface area (Å²) in [5.41, 5.74) is 5.56. The van der Waals surface area contributed by atoms with Gasteiger partial charge in [-0.15, -0.1) is 0 Å². The van der Waals surface area contributed by atoms with Crippen molar-refractivity contribution in [3.63, 3.8) is 0 Å². The number of carbonyl (C=O) groups is 2. The summed E-state index contributed by atoms with van der Waals surface area (Å²) in [7, 11) is 0. The fourth-order valence-electron chi connectivity index (χ4n) is 7.31. The molecule has 0 saturated carbocycles. The summed E-state index contributed by atoms with van der Waals surface area (Å²) in [6.45, 7) is 10.2. The van der Waals surface area contributed by atoms with Crippen LogP contribution in [0.1, 0.15) is 45.2 Å². The van der Waals surface area contributed by atoms with Crippen molar-refractivity contribution in [3.8, 4) is 0 Å². The Bertz CT molecular complexity index is 2060. The molecule has 2 heterocycles. The van der Waals surface area contributed by atoms with E-state index < -0.39 is 5.97 Å². The number of anilines is 1. The summed E-state index contributed by atoms with van der Waals surface area (Å²) < 4.78 is 7.24. The molecule has 4 aromatic rings. The molecule has 0 aromatic heterocycles. The SMILES string of the molecule is CC1(C)C(=CC=CC=CC2=[N+](CCC(=O)O)c3c(c4ccccc4c4ccccc34)C2(C)C)N(CCOC=O)c2cc(Cl)c(Cl)cc21. The molecule has 4 aromatic carbocycles. The quantitative estimate of drug-likeness (QED) is 0.0600. The van der Waals surface area contributed by atoms with Gasteiger partial charge in [-0.2, -0.15) is 4.58 Å². The van der Waals surface area contributed by atoms with E-state index in [9.17, 15) is 14.7 Å². The number of halogens is 2. The van der Waals surface area contributed by atoms with Crippen LogP contribution in [-0.4, -0.2) is 47.5 Å². The van der Waals surface area contributed by atoms with Crippen molar-refractivity contribution in [2.75, 3.05) is 24.6 Å². The van der Waals surface area contributed by atoms with Gasteiger partial charge in [0, 0.05) is 28.4 Å². The molecule has 1 N–H and O–H groups in total. The number of hydrogen-bond donors (Lipinski definition) is 1. The molecule has 0 saturated heterocycles. The molecule has 0 amide bonds. The molecular weight excluding hydrogens is 631 g/mol. The minimum Gasteiger partial charge on any atom is -0.481 e. The minimum absolute atomic E-state index is 0.0171. The lowest BCUT2D eigenvalue weighted by atomic mass is 9.78. The second-order valence-electron chi connectivity index (χ2n) is 12.9. The number of nitrogens with zero attached hydrogens (tertiary/aromatic N) is 2. The molecule has 0 aliphatic carbocycles. The minimum atomic E-state index is -0.831. The summed E-state index contributed by atoms with van der Waals surface area (Å²) >= 11 is 12.8. The van der Waals surface area contributed by atoms with Crippen LogP contribution in [-0.2, 0) is 25.2 Å². The molecule has 47 heavy (non-hydrogen) atoms. The molecule has 240 valence electrons. The van der Waals surface area contributed by atoms with Crippen molar-refractivity contribution in [2.45, 2.75) is 44.9 Å². The van der Waals surface area contributed by atoms with Gasteiger partial charge in [0.2, 0.25) is 5.69 Å². The highest BCUT2D eigenvalue weighted by Crippen LogP contribution is 2.51. The molecule has 0 spiro atoms. The Labute approximate surface area is 284 Å². The Morgan fingerprint density at radius 1 is 0.894 bits per heavy atom. The van der Waals surface area contributed by atoms with Gasteiger partial charge in [0.25, 0.3) is 6.47 Å². The van der Waals surface area contributed by atoms with Crippen LogP contribution < -0.4 is 4.90 Å². The van der Waals surface area contributed by atoms with Crippen LogP contribution in [0.4, 0.5) is 11.4 Å². The first-order valence-electron chi connectivity index (χ1n) is 15.7. The topological polar surface area (TPSA) is 69.8 Å². The number of rotatable bonds is 10. The zero-order chi connectivity index (χ0) is 33.5. The summed E-state index contributed by atoms with van der Waals surface area (Å²) in [6.07, 6.45) is 10.2. The van der Waals surface area contributed by atoms with Crippen LogP contribution in [0.2, 0.25) is 10.0 Å². The van der Waals surface area contributed by atoms with E-state index in [1.54, 1.807) is 0 Å². The maximum absolute atomic E-state index is 11.8. The van der Waals surface area contributed by atoms with Gasteiger partial charge in [-0.05, 0) is 59.8 Å². The average molecular weight is 669 g/mol. The third-order valence-electron chi connectivity index (χ3n) is 9.45. The first-order chi connectivity index (χ1) is 22.5. The lowest BCUT2D eigenvalue weighted by molar-refractivity contribution is -0.435. The molecule has 0 radical (unpaired) electrons. The van der Waals surface area contributed by atoms with E-state index in [1.807, 2.05) is 36.4 Å². The molecule has 6 rings (SSSR count). The number of carboxylic acids is 1. The van der Waals surface area contributed by atoms with Crippen molar-refractivity contribution >= 4 is 74.3 Å². The van der Waals surface area contributed by atoms with Gasteiger partial charge in [0.05, 0.1) is 27.4 Å². The second kappa shape index (κ2) is 12.7. The van der Waals surface area contributed by atoms with E-state index >= 15 is 0 Å². The van der Waals surface area contributed by atoms with Gasteiger partial charge in [-0.1, -0.05) is 97.7 Å². The summed E-state index contributed by atoms with van der Waals surface area (Å²) in [5.74, 6) is -0.831. The monoisotopic (exact) mass is 667 g/mol. The second-order valence-corrected chi connectivity index (χ2v) is 13.8. The Hall–Kier alpha value is -4.39. The van der Waals surface area contributed by atoms with E-state index in [0.29, 0.717) is 29.6 Å². The highest BCUT2D eigenvalue weighted by molar-refractivity contribution is 6.42. The Morgan fingerprint density at radius 2 is 1.53 bits per heavy atom. The number of allylic oxidation sites excluding steroid dienone is 6. The number of aliphatic carboxylic acids is 1. The predicted molar refractivity (Wildman–Crippen MR) is 192 cm³/mol. The van der Waals surface area contributed by atoms with E-state index in [1.165, 1.54) is 16.3 Å². The molecule has 2 aliphatic rings. The first kappa shape index (κ1) is 32.5. The van der Waals surface area contributed by atoms with Crippen molar-refractivity contribution in [1.29, 1.82) is 0 Å². The smallest absolute Gasteiger partial charge is 0.309 e. The highest BCUT2D eigenvalue weighted by Gasteiger charge is 2.47. The molecule has 6 nitrogen and oxygen atoms in total. The zero-order valence-corrected chi connectivity index (χ0v) is 28.4. The number of hydrogen-bond acceptors (Lipinski definition) is 4. The van der Waals surface area contributed by atoms with E-state index in [-0.39, 0.29) is 23.9 Å². The summed E-state index contributed by atoms with van der Waals surface area (Å²) in [6, 6.07) is 20.6. The van der Waals surface area contributed by atoms with Crippen LogP contribution >= 0.6 is 23.2 Å². The maximum atomic E-state index is 11.8. The third kappa shape index (κ3) is 5.64. The number of carboxylic acid groups (broad SMARTS) is 1. The van der Waals surface area contributed by atoms with E-state index in [0.717, 1.165) is 39.1 Å². The molecule has 2 aliphatic heterocycles. The van der Waals surface area contributed by atoms with Crippen molar-refractivity contribution in [2.24, 2.45) is 0 Å². The third-order valence-corrected chi connectivity index (χ3v) is 10.2. The fraction of sp³-hybridized carbons (Fsp3) is 0.256. The Morgan fingerprint density at radius 3 is 2.21 bits per heavy atom. The number of fused-ring (bicyclic) bond motifs is 7. The van der Waals surface area contributed by atoms with Crippen LogP contribution in [0, 0.1) is 0 Å². The fourth-order valence-corrected chi connectivity index (χ4v) is 7.64. The summed E-state index contributed by atoms with van der Waals surface area (Å²) in [4.78, 5) is 24.8. The lowest BCUT2D eigenvalue weighted by Crippen LogP contribution is -2.29. The first-order valence-corrected chi connectivity index (χ1v) is 16.4. The molecule has 0 fully saturated rings. The highest BCUT2D eigenvalue weighted by atomic mass is 35.5. The van der Waals surface area contributed by atoms with Gasteiger partial charge in [-0.25, -0.2) is 0 Å². The van der Waals surface area contributed by atoms with Gasteiger partial charge in [0.1, 0.15) is 13.0 Å². The predicted octanol–water partition coefficient (Wildman–Crippen LogP) is 9.12. The normalized spacial score (nSPS) is 17.4. The molecule has 0 atom stereocenters. The van der Waals surface area contributed by atoms with Crippen molar-refractivity contribution in [3.05, 3.63) is 118 Å². The van der Waals surface area contributed by atoms with Gasteiger partial charge >= 0.3 is 5.97 Å². The van der Waals surface area contributed by atoms with Gasteiger partial charge in [-0.3, -0.25) is 9.59 Å². The van der Waals surface area contributed by atoms with Crippen molar-refractivity contribution in [1.82, 2.24) is 0 Å². The van der Waals surface area contributed by atoms with E-state index in [4.69, 9.17) is 27.9 Å². The Kier molecular flexibility index (Phi) is 8.77. The zero-order valence-electron chi connectivity index (χ0n) is 26.9. The van der Waals surface area contributed by atoms with Crippen LogP contribution in [0.25, 0.3) is 21.5 Å². The summed E-state index contributed by atoms with van der Waals surface area (Å²) in [5, 5.41) is 15.3. The van der Waals surface area contributed by atoms with Crippen molar-refractivity contribution < 1.29 is 24.0 Å². The average Bonchev–Trinajstić information content (AvgIpc) is 3.38. The maximum Gasteiger partial charge on any atom is 0.309 e. The van der Waals surface area contributed by atoms with Crippen LogP contribution in [0.15, 0.2) is 96.7 Å². The molecular formula is C39H37Cl2N2O4+. The lowest BCUT2D eigenvalue weighted by Gasteiger charge is -2.26. The number of ether oxygens (including phenoxy) is 1. The standard InChI is InChI=1S/C39H36Cl2N2O4/c1-38(2)29-22-30(40)31(41)23-32(29)42(20-21-47-24-44)33(38)16-6-5-7-17-34-39(3,4)36-27-14-10-8-12-25(27)26-13-9-11-15-28(26)37(36)43(34)19-18-35(45)46/h5-17,22-24H,18-21H2,1-4H3/p+1. The van der Waals surface area contributed by atoms with Gasteiger partial charge < -0.3 is 14.7 Å². The van der Waals surface area contributed by atoms with Gasteiger partial charge in [0.15, 0.2) is 12.3 Å². The molecule has 8 heteroatoms. The number of carbonyl (C=O) groups excluding carboxylic acids is 1. The van der Waals surface area contributed by atoms with Crippen LogP contribution in [0.5, 0.6) is 0 Å².